The van der Waals surface area contributed by atoms with Crippen molar-refractivity contribution in [1.82, 2.24) is 0 Å². The first-order valence-corrected chi connectivity index (χ1v) is 14.6. The minimum Gasteiger partial charge on any atom is -0.393 e. The molecule has 0 heterocycles. The molecular weight excluding hydrogens is 420 g/mol. The Balaban J connectivity index is 1.50. The fraction of sp³-hybridized carbons (Fsp3) is 1.00. The highest BCUT2D eigenvalue weighted by molar-refractivity contribution is 5.14. The van der Waals surface area contributed by atoms with Crippen LogP contribution in [0.1, 0.15) is 113 Å². The van der Waals surface area contributed by atoms with Gasteiger partial charge in [0.2, 0.25) is 0 Å². The molecule has 0 spiro atoms. The lowest BCUT2D eigenvalue weighted by atomic mass is 9.41. The number of fused-ring (bicyclic) bond motifs is 6. The van der Waals surface area contributed by atoms with Crippen LogP contribution in [0.3, 0.4) is 0 Å². The first kappa shape index (κ1) is 25.5. The Bertz CT molecular complexity index is 790. The summed E-state index contributed by atoms with van der Waals surface area (Å²) in [6.07, 6.45) is 11.7. The van der Waals surface area contributed by atoms with Crippen LogP contribution in [0, 0.1) is 56.7 Å². The minimum atomic E-state index is -0.238. The van der Waals surface area contributed by atoms with Gasteiger partial charge in [-0.05, 0) is 121 Å². The van der Waals surface area contributed by atoms with Crippen LogP contribution in [0.5, 0.6) is 0 Å². The van der Waals surface area contributed by atoms with Crippen molar-refractivity contribution in [2.75, 3.05) is 7.11 Å². The Morgan fingerprint density at radius 1 is 0.676 bits per heavy atom. The van der Waals surface area contributed by atoms with Gasteiger partial charge in [0.25, 0.3) is 0 Å². The zero-order valence-corrected chi connectivity index (χ0v) is 23.5. The number of aliphatic hydroxyl groups is 2. The van der Waals surface area contributed by atoms with Crippen molar-refractivity contribution in [2.24, 2.45) is 56.7 Å². The molecule has 0 aromatic carbocycles. The lowest BCUT2D eigenvalue weighted by molar-refractivity contribution is -0.190. The van der Waals surface area contributed by atoms with Crippen LogP contribution in [0.15, 0.2) is 0 Å². The molecule has 0 aliphatic heterocycles. The molecule has 0 bridgehead atoms. The third kappa shape index (κ3) is 3.31. The fourth-order valence-corrected chi connectivity index (χ4v) is 11.9. The second kappa shape index (κ2) is 7.94. The van der Waals surface area contributed by atoms with Crippen molar-refractivity contribution in [3.63, 3.8) is 0 Å². The summed E-state index contributed by atoms with van der Waals surface area (Å²) in [5.74, 6) is 2.87. The molecule has 3 heteroatoms. The van der Waals surface area contributed by atoms with E-state index in [4.69, 9.17) is 4.74 Å². The molecular formula is C31H54O3. The third-order valence-corrected chi connectivity index (χ3v) is 13.7. The van der Waals surface area contributed by atoms with Crippen molar-refractivity contribution in [1.29, 1.82) is 0 Å². The van der Waals surface area contributed by atoms with E-state index in [0.717, 1.165) is 25.2 Å². The van der Waals surface area contributed by atoms with E-state index < -0.39 is 0 Å². The Labute approximate surface area is 209 Å². The van der Waals surface area contributed by atoms with Crippen LogP contribution in [0.2, 0.25) is 0 Å². The minimum absolute atomic E-state index is 0.110. The van der Waals surface area contributed by atoms with E-state index in [-0.39, 0.29) is 28.5 Å². The molecule has 5 rings (SSSR count). The SMILES string of the molecule is CO[C@@H]1CC[C@@]2(C)[C@@H](CC[C@@]3(C)C[C@H]4[C@H](O)C[C@H]5C(C)(C)[C@H](O)CC[C@]5(C)[C@H]4CC[C@@H]32)C1(C)C. The predicted octanol–water partition coefficient (Wildman–Crippen LogP) is 6.84. The maximum Gasteiger partial charge on any atom is 0.0625 e. The molecule has 0 amide bonds. The summed E-state index contributed by atoms with van der Waals surface area (Å²) in [6.45, 7) is 17.3. The Hall–Kier alpha value is -0.120. The summed E-state index contributed by atoms with van der Waals surface area (Å²) in [6, 6.07) is 0. The highest BCUT2D eigenvalue weighted by Gasteiger charge is 2.65. The van der Waals surface area contributed by atoms with Gasteiger partial charge >= 0.3 is 0 Å². The quantitative estimate of drug-likeness (QED) is 0.437. The maximum absolute atomic E-state index is 11.7. The van der Waals surface area contributed by atoms with Gasteiger partial charge in [0.15, 0.2) is 0 Å². The lowest BCUT2D eigenvalue weighted by Crippen LogP contribution is -2.60. The molecule has 0 aromatic heterocycles. The second-order valence-corrected chi connectivity index (χ2v) is 15.7. The van der Waals surface area contributed by atoms with Crippen LogP contribution >= 0.6 is 0 Å². The van der Waals surface area contributed by atoms with E-state index in [0.29, 0.717) is 40.6 Å². The molecule has 196 valence electrons. The second-order valence-electron chi connectivity index (χ2n) is 15.7. The molecule has 0 unspecified atom stereocenters. The number of hydrogen-bond acceptors (Lipinski definition) is 3. The van der Waals surface area contributed by atoms with Crippen molar-refractivity contribution in [2.45, 2.75) is 131 Å². The molecule has 0 aromatic rings. The van der Waals surface area contributed by atoms with E-state index in [1.54, 1.807) is 0 Å². The molecule has 34 heavy (non-hydrogen) atoms. The number of hydrogen-bond donors (Lipinski definition) is 2. The summed E-state index contributed by atoms with van der Waals surface area (Å²) in [4.78, 5) is 0. The summed E-state index contributed by atoms with van der Waals surface area (Å²) in [7, 11) is 1.92. The van der Waals surface area contributed by atoms with Gasteiger partial charge in [-0.2, -0.15) is 0 Å². The zero-order valence-electron chi connectivity index (χ0n) is 23.5. The van der Waals surface area contributed by atoms with E-state index in [9.17, 15) is 10.2 Å². The Kier molecular flexibility index (Phi) is 5.96. The van der Waals surface area contributed by atoms with Gasteiger partial charge in [-0.3, -0.25) is 0 Å². The van der Waals surface area contributed by atoms with Gasteiger partial charge in [-0.15, -0.1) is 0 Å². The van der Waals surface area contributed by atoms with Crippen LogP contribution in [-0.4, -0.2) is 35.6 Å². The first-order valence-electron chi connectivity index (χ1n) is 14.6. The molecule has 0 saturated heterocycles. The van der Waals surface area contributed by atoms with Crippen LogP contribution in [-0.2, 0) is 4.74 Å². The highest BCUT2D eigenvalue weighted by Crippen LogP contribution is 2.71. The largest absolute Gasteiger partial charge is 0.393 e. The first-order chi connectivity index (χ1) is 15.7. The summed E-state index contributed by atoms with van der Waals surface area (Å²) >= 11 is 0. The van der Waals surface area contributed by atoms with E-state index in [1.807, 2.05) is 7.11 Å². The van der Waals surface area contributed by atoms with Gasteiger partial charge in [0.1, 0.15) is 0 Å². The smallest absolute Gasteiger partial charge is 0.0625 e. The van der Waals surface area contributed by atoms with Gasteiger partial charge in [-0.25, -0.2) is 0 Å². The predicted molar refractivity (Wildman–Crippen MR) is 138 cm³/mol. The summed E-state index contributed by atoms with van der Waals surface area (Å²) in [5.41, 5.74) is 1.05. The zero-order chi connectivity index (χ0) is 24.9. The van der Waals surface area contributed by atoms with Crippen molar-refractivity contribution >= 4 is 0 Å². The Morgan fingerprint density at radius 3 is 2.03 bits per heavy atom. The Morgan fingerprint density at radius 2 is 1.35 bits per heavy atom. The average Bonchev–Trinajstić information content (AvgIpc) is 2.91. The van der Waals surface area contributed by atoms with E-state index in [2.05, 4.69) is 48.5 Å². The monoisotopic (exact) mass is 474 g/mol. The van der Waals surface area contributed by atoms with Crippen molar-refractivity contribution < 1.29 is 14.9 Å². The topological polar surface area (TPSA) is 49.7 Å². The van der Waals surface area contributed by atoms with Crippen molar-refractivity contribution in [3.05, 3.63) is 0 Å². The molecule has 5 aliphatic carbocycles. The van der Waals surface area contributed by atoms with E-state index >= 15 is 0 Å². The van der Waals surface area contributed by atoms with E-state index in [1.165, 1.54) is 44.9 Å². The molecule has 5 fully saturated rings. The molecule has 2 N–H and O–H groups in total. The fourth-order valence-electron chi connectivity index (χ4n) is 11.9. The molecule has 11 atom stereocenters. The molecule has 5 aliphatic rings. The molecule has 5 saturated carbocycles. The van der Waals surface area contributed by atoms with Crippen LogP contribution in [0.4, 0.5) is 0 Å². The van der Waals surface area contributed by atoms with Crippen LogP contribution < -0.4 is 0 Å². The lowest BCUT2D eigenvalue weighted by Gasteiger charge is -2.64. The standard InChI is InChI=1S/C31H54O3/c1-27(2)24-17-21(32)19-18-29(5)14-11-22-28(3,4)26(34-8)13-16-31(22,7)23(29)10-9-20(19)30(24,6)15-12-25(27)33/h19-26,32-33H,9-18H2,1-8H3/t19-,20+,21-,22+,23+,24+,25-,26-,29+,30-,31+/m1/s1. The highest BCUT2D eigenvalue weighted by atomic mass is 16.5. The number of ether oxygens (including phenoxy) is 1. The third-order valence-electron chi connectivity index (χ3n) is 13.7. The maximum atomic E-state index is 11.7. The van der Waals surface area contributed by atoms with Gasteiger partial charge in [0.05, 0.1) is 18.3 Å². The average molecular weight is 475 g/mol. The number of rotatable bonds is 1. The van der Waals surface area contributed by atoms with Gasteiger partial charge in [0, 0.05) is 7.11 Å². The van der Waals surface area contributed by atoms with Gasteiger partial charge in [-0.1, -0.05) is 48.5 Å². The number of aliphatic hydroxyl groups excluding tert-OH is 2. The summed E-state index contributed by atoms with van der Waals surface area (Å²) < 4.78 is 6.02. The van der Waals surface area contributed by atoms with Crippen molar-refractivity contribution in [3.8, 4) is 0 Å². The normalized spacial score (nSPS) is 56.3. The summed E-state index contributed by atoms with van der Waals surface area (Å²) in [5, 5.41) is 22.6. The van der Waals surface area contributed by atoms with Crippen LogP contribution in [0.25, 0.3) is 0 Å². The number of methoxy groups -OCH3 is 1. The molecule has 3 nitrogen and oxygen atoms in total. The van der Waals surface area contributed by atoms with Gasteiger partial charge < -0.3 is 14.9 Å². The molecule has 0 radical (unpaired) electrons.